The fourth-order valence-corrected chi connectivity index (χ4v) is 4.10. The van der Waals surface area contributed by atoms with Crippen LogP contribution in [0.1, 0.15) is 109 Å². The summed E-state index contributed by atoms with van der Waals surface area (Å²) in [4.78, 5) is 37.4. The molecule has 8 heteroatoms. The molecule has 0 fully saturated rings. The highest BCUT2D eigenvalue weighted by molar-refractivity contribution is 6.07. The Morgan fingerprint density at radius 2 is 1.27 bits per heavy atom. The smallest absolute Gasteiger partial charge is 0.314 e. The van der Waals surface area contributed by atoms with Crippen LogP contribution in [0.3, 0.4) is 0 Å². The van der Waals surface area contributed by atoms with E-state index in [0.29, 0.717) is 35.8 Å². The van der Waals surface area contributed by atoms with Gasteiger partial charge in [-0.15, -0.1) is 0 Å². The first-order chi connectivity index (χ1) is 20.7. The Hall–Kier alpha value is -3.81. The second-order valence-electron chi connectivity index (χ2n) is 12.7. The maximum atomic E-state index is 13.1. The molecule has 0 aliphatic rings. The summed E-state index contributed by atoms with van der Waals surface area (Å²) < 4.78 is 28.4. The summed E-state index contributed by atoms with van der Waals surface area (Å²) in [5, 5.41) is 0. The lowest BCUT2D eigenvalue weighted by molar-refractivity contribution is -0.160. The Morgan fingerprint density at radius 3 is 1.80 bits per heavy atom. The standard InChI is InChI=1S/C36H50O8/c1-10-13-26-22-27(17-20-30(37)25-15-18-28(19-16-25)41-23-43-33(38)35(4,5)6)31(40-21-12-3)29(14-11-2)32(26)42-24-44-34(39)36(7,8)9/h15-20,22H,10-14,21,23-24H2,1-9H3. The molecule has 2 rings (SSSR count). The maximum Gasteiger partial charge on any atom is 0.314 e. The van der Waals surface area contributed by atoms with Crippen molar-refractivity contribution in [1.82, 2.24) is 0 Å². The van der Waals surface area contributed by atoms with E-state index in [2.05, 4.69) is 13.8 Å². The van der Waals surface area contributed by atoms with Crippen molar-refractivity contribution < 1.29 is 38.1 Å². The molecular formula is C36H50O8. The third-order valence-electron chi connectivity index (χ3n) is 6.49. The van der Waals surface area contributed by atoms with Gasteiger partial charge < -0.3 is 23.7 Å². The molecule has 44 heavy (non-hydrogen) atoms. The Balaban J connectivity index is 2.33. The molecule has 0 saturated carbocycles. The van der Waals surface area contributed by atoms with Gasteiger partial charge in [0.15, 0.2) is 5.78 Å². The van der Waals surface area contributed by atoms with E-state index < -0.39 is 10.8 Å². The third kappa shape index (κ3) is 11.0. The molecule has 0 aliphatic carbocycles. The van der Waals surface area contributed by atoms with Crippen molar-refractivity contribution in [2.24, 2.45) is 10.8 Å². The number of carbonyl (C=O) groups is 3. The molecule has 0 aliphatic heterocycles. The molecule has 0 heterocycles. The molecule has 2 aromatic rings. The number of hydrogen-bond acceptors (Lipinski definition) is 8. The van der Waals surface area contributed by atoms with E-state index in [-0.39, 0.29) is 31.3 Å². The number of hydrogen-bond donors (Lipinski definition) is 0. The van der Waals surface area contributed by atoms with Gasteiger partial charge in [-0.3, -0.25) is 14.4 Å². The molecule has 0 amide bonds. The molecule has 8 nitrogen and oxygen atoms in total. The zero-order valence-electron chi connectivity index (χ0n) is 28.0. The minimum atomic E-state index is -0.632. The lowest BCUT2D eigenvalue weighted by Crippen LogP contribution is -2.25. The van der Waals surface area contributed by atoms with Crippen molar-refractivity contribution >= 4 is 23.8 Å². The average molecular weight is 611 g/mol. The van der Waals surface area contributed by atoms with Gasteiger partial charge in [0.2, 0.25) is 13.6 Å². The third-order valence-corrected chi connectivity index (χ3v) is 6.49. The van der Waals surface area contributed by atoms with Crippen molar-refractivity contribution in [3.05, 3.63) is 58.7 Å². The van der Waals surface area contributed by atoms with E-state index in [1.165, 1.54) is 6.08 Å². The van der Waals surface area contributed by atoms with Crippen LogP contribution in [-0.4, -0.2) is 37.9 Å². The van der Waals surface area contributed by atoms with Crippen molar-refractivity contribution in [2.75, 3.05) is 20.2 Å². The molecule has 242 valence electrons. The lowest BCUT2D eigenvalue weighted by atomic mass is 9.95. The predicted molar refractivity (Wildman–Crippen MR) is 172 cm³/mol. The highest BCUT2D eigenvalue weighted by Crippen LogP contribution is 2.39. The number of ketones is 1. The van der Waals surface area contributed by atoms with Gasteiger partial charge in [-0.1, -0.05) is 33.6 Å². The SMILES string of the molecule is CCCOc1c(C=CC(=O)c2ccc(OCOC(=O)C(C)(C)C)cc2)cc(CCC)c(OCOC(=O)C(C)(C)C)c1CCC. The molecule has 0 atom stereocenters. The first-order valence-electron chi connectivity index (χ1n) is 15.5. The van der Waals surface area contributed by atoms with E-state index in [9.17, 15) is 14.4 Å². The summed E-state index contributed by atoms with van der Waals surface area (Å²) in [6, 6.07) is 8.66. The van der Waals surface area contributed by atoms with Crippen LogP contribution in [-0.2, 0) is 31.9 Å². The van der Waals surface area contributed by atoms with E-state index in [1.54, 1.807) is 71.9 Å². The first-order valence-corrected chi connectivity index (χ1v) is 15.5. The summed E-state index contributed by atoms with van der Waals surface area (Å²) in [7, 11) is 0. The predicted octanol–water partition coefficient (Wildman–Crippen LogP) is 8.13. The number of esters is 2. The van der Waals surface area contributed by atoms with Crippen molar-refractivity contribution in [3.63, 3.8) is 0 Å². The van der Waals surface area contributed by atoms with Crippen molar-refractivity contribution in [1.29, 1.82) is 0 Å². The Morgan fingerprint density at radius 1 is 0.705 bits per heavy atom. The largest absolute Gasteiger partial charge is 0.493 e. The Labute approximate surface area is 263 Å². The van der Waals surface area contributed by atoms with E-state index in [0.717, 1.165) is 42.4 Å². The molecular weight excluding hydrogens is 560 g/mol. The second kappa shape index (κ2) is 16.9. The van der Waals surface area contributed by atoms with Crippen LogP contribution in [0.15, 0.2) is 36.4 Å². The van der Waals surface area contributed by atoms with E-state index in [4.69, 9.17) is 23.7 Å². The van der Waals surface area contributed by atoms with E-state index >= 15 is 0 Å². The van der Waals surface area contributed by atoms with Gasteiger partial charge in [-0.05, 0) is 109 Å². The Bertz CT molecular complexity index is 1280. The van der Waals surface area contributed by atoms with Crippen molar-refractivity contribution in [3.8, 4) is 17.2 Å². The summed E-state index contributed by atoms with van der Waals surface area (Å²) >= 11 is 0. The molecule has 0 N–H and O–H groups in total. The zero-order chi connectivity index (χ0) is 32.9. The van der Waals surface area contributed by atoms with Gasteiger partial charge in [0.25, 0.3) is 0 Å². The summed E-state index contributed by atoms with van der Waals surface area (Å²) in [6.45, 7) is 17.0. The fraction of sp³-hybridized carbons (Fsp3) is 0.528. The van der Waals surface area contributed by atoms with Crippen LogP contribution >= 0.6 is 0 Å². The fourth-order valence-electron chi connectivity index (χ4n) is 4.10. The average Bonchev–Trinajstić information content (AvgIpc) is 2.96. The summed E-state index contributed by atoms with van der Waals surface area (Å²) in [5.41, 5.74) is 1.90. The number of benzene rings is 2. The number of allylic oxidation sites excluding steroid dienone is 1. The number of aryl methyl sites for hydroxylation is 1. The van der Waals surface area contributed by atoms with Gasteiger partial charge in [-0.25, -0.2) is 0 Å². The van der Waals surface area contributed by atoms with Crippen LogP contribution in [0.5, 0.6) is 17.2 Å². The quantitative estimate of drug-likeness (QED) is 0.0813. The molecule has 2 aromatic carbocycles. The molecule has 0 aromatic heterocycles. The van der Waals surface area contributed by atoms with Crippen LogP contribution in [0.2, 0.25) is 0 Å². The van der Waals surface area contributed by atoms with Gasteiger partial charge in [0.1, 0.15) is 17.2 Å². The lowest BCUT2D eigenvalue weighted by Gasteiger charge is -2.22. The monoisotopic (exact) mass is 610 g/mol. The topological polar surface area (TPSA) is 97.4 Å². The minimum absolute atomic E-state index is 0.180. The van der Waals surface area contributed by atoms with Crippen LogP contribution in [0.25, 0.3) is 6.08 Å². The molecule has 0 radical (unpaired) electrons. The summed E-state index contributed by atoms with van der Waals surface area (Å²) in [5.74, 6) is 0.956. The van der Waals surface area contributed by atoms with Crippen molar-refractivity contribution in [2.45, 2.75) is 94.4 Å². The van der Waals surface area contributed by atoms with Gasteiger partial charge in [-0.2, -0.15) is 0 Å². The molecule has 0 spiro atoms. The molecule has 0 bridgehead atoms. The zero-order valence-corrected chi connectivity index (χ0v) is 28.0. The minimum Gasteiger partial charge on any atom is -0.493 e. The summed E-state index contributed by atoms with van der Waals surface area (Å²) in [6.07, 6.45) is 7.30. The first kappa shape index (κ1) is 36.4. The molecule has 0 unspecified atom stereocenters. The second-order valence-corrected chi connectivity index (χ2v) is 12.7. The van der Waals surface area contributed by atoms with Crippen LogP contribution in [0, 0.1) is 10.8 Å². The van der Waals surface area contributed by atoms with Crippen LogP contribution in [0.4, 0.5) is 0 Å². The highest BCUT2D eigenvalue weighted by atomic mass is 16.7. The van der Waals surface area contributed by atoms with Gasteiger partial charge in [0, 0.05) is 16.7 Å². The molecule has 0 saturated heterocycles. The van der Waals surface area contributed by atoms with Crippen LogP contribution < -0.4 is 14.2 Å². The van der Waals surface area contributed by atoms with Gasteiger partial charge in [0.05, 0.1) is 17.4 Å². The van der Waals surface area contributed by atoms with E-state index in [1.807, 2.05) is 13.0 Å². The number of carbonyl (C=O) groups excluding carboxylic acids is 3. The highest BCUT2D eigenvalue weighted by Gasteiger charge is 2.25. The number of ether oxygens (including phenoxy) is 5. The maximum absolute atomic E-state index is 13.1. The van der Waals surface area contributed by atoms with Gasteiger partial charge >= 0.3 is 11.9 Å². The Kier molecular flexibility index (Phi) is 14.0. The normalized spacial score (nSPS) is 11.8. The number of rotatable bonds is 16.